The fourth-order valence-corrected chi connectivity index (χ4v) is 8.01. The largest absolute Gasteiger partial charge is 0.454 e. The van der Waals surface area contributed by atoms with Gasteiger partial charge in [-0.15, -0.1) is 0 Å². The molecule has 0 N–H and O–H groups in total. The van der Waals surface area contributed by atoms with E-state index in [2.05, 4.69) is 54.9 Å². The maximum atomic E-state index is 10.1. The maximum absolute atomic E-state index is 10.1. The molecule has 0 atom stereocenters. The average Bonchev–Trinajstić information content (AvgIpc) is 3.25. The molecule has 0 fully saturated rings. The third-order valence-corrected chi connectivity index (χ3v) is 10.9. The van der Waals surface area contributed by atoms with Crippen LogP contribution in [0.4, 0.5) is 0 Å². The second-order valence-electron chi connectivity index (χ2n) is 10.2. The van der Waals surface area contributed by atoms with Crippen LogP contribution < -0.4 is 9.75 Å². The zero-order valence-corrected chi connectivity index (χ0v) is 21.6. The topological polar surface area (TPSA) is 40.8 Å². The lowest BCUT2D eigenvalue weighted by Gasteiger charge is -2.31. The minimum atomic E-state index is -1.81. The molecular formula is C31H29N2OSi+. The Morgan fingerprint density at radius 2 is 1.77 bits per heavy atom. The quantitative estimate of drug-likeness (QED) is 0.208. The molecule has 0 bridgehead atoms. The molecule has 2 aromatic heterocycles. The van der Waals surface area contributed by atoms with E-state index in [1.807, 2.05) is 49.6 Å². The summed E-state index contributed by atoms with van der Waals surface area (Å²) < 4.78 is 26.0. The molecule has 0 saturated carbocycles. The molecule has 0 spiro atoms. The molecule has 0 radical (unpaired) electrons. The van der Waals surface area contributed by atoms with E-state index in [0.29, 0.717) is 17.6 Å². The smallest absolute Gasteiger partial charge is 0.216 e. The number of nitriles is 1. The normalized spacial score (nSPS) is 17.0. The first kappa shape index (κ1) is 19.6. The van der Waals surface area contributed by atoms with Crippen LogP contribution in [0, 0.1) is 18.3 Å². The van der Waals surface area contributed by atoms with Crippen LogP contribution in [-0.2, 0) is 13.4 Å². The van der Waals surface area contributed by atoms with Gasteiger partial charge in [0.05, 0.1) is 25.3 Å². The number of nitrogens with zero attached hydrogens (tertiary/aromatic N) is 2. The lowest BCUT2D eigenvalue weighted by Crippen LogP contribution is -2.46. The predicted molar refractivity (Wildman–Crippen MR) is 145 cm³/mol. The molecule has 3 aromatic carbocycles. The number of pyridine rings is 1. The Morgan fingerprint density at radius 1 is 1.00 bits per heavy atom. The Kier molecular flexibility index (Phi) is 4.44. The minimum absolute atomic E-state index is 0.563. The van der Waals surface area contributed by atoms with Crippen molar-refractivity contribution >= 4 is 35.2 Å². The zero-order valence-electron chi connectivity index (χ0n) is 22.6. The highest BCUT2D eigenvalue weighted by molar-refractivity contribution is 6.90. The van der Waals surface area contributed by atoms with Crippen molar-refractivity contribution in [2.24, 2.45) is 7.05 Å². The van der Waals surface area contributed by atoms with Crippen molar-refractivity contribution in [3.8, 4) is 28.5 Å². The van der Waals surface area contributed by atoms with E-state index in [4.69, 9.17) is 7.16 Å². The molecule has 3 nitrogen and oxygen atoms in total. The van der Waals surface area contributed by atoms with Gasteiger partial charge >= 0.3 is 0 Å². The summed E-state index contributed by atoms with van der Waals surface area (Å²) in [6, 6.07) is 23.6. The summed E-state index contributed by atoms with van der Waals surface area (Å²) >= 11 is 0. The Hall–Kier alpha value is -3.68. The number of benzene rings is 3. The highest BCUT2D eigenvalue weighted by Gasteiger charge is 2.30. The first-order chi connectivity index (χ1) is 17.6. The molecule has 0 amide bonds. The Morgan fingerprint density at radius 3 is 2.54 bits per heavy atom. The van der Waals surface area contributed by atoms with Gasteiger partial charge in [0.15, 0.2) is 6.20 Å². The van der Waals surface area contributed by atoms with Crippen molar-refractivity contribution in [3.63, 3.8) is 0 Å². The number of rotatable bonds is 2. The van der Waals surface area contributed by atoms with Gasteiger partial charge in [0.2, 0.25) is 5.69 Å². The second-order valence-corrected chi connectivity index (χ2v) is 15.0. The van der Waals surface area contributed by atoms with Gasteiger partial charge in [0.25, 0.3) is 0 Å². The van der Waals surface area contributed by atoms with Gasteiger partial charge < -0.3 is 4.42 Å². The lowest BCUT2D eigenvalue weighted by molar-refractivity contribution is -0.660. The number of hydrogen-bond donors (Lipinski definition) is 0. The van der Waals surface area contributed by atoms with Crippen molar-refractivity contribution in [2.45, 2.75) is 38.9 Å². The lowest BCUT2D eigenvalue weighted by atomic mass is 9.95. The van der Waals surface area contributed by atoms with Crippen LogP contribution in [0.1, 0.15) is 25.9 Å². The van der Waals surface area contributed by atoms with Crippen molar-refractivity contribution in [1.29, 1.82) is 5.26 Å². The minimum Gasteiger partial charge on any atom is -0.454 e. The van der Waals surface area contributed by atoms with E-state index >= 15 is 0 Å². The Bertz CT molecular complexity index is 1780. The average molecular weight is 476 g/mol. The molecule has 0 unspecified atom stereocenters. The fraction of sp³-hybridized carbons (Fsp3) is 0.226. The van der Waals surface area contributed by atoms with Crippen LogP contribution in [0.15, 0.2) is 71.3 Å². The Labute approximate surface area is 210 Å². The van der Waals surface area contributed by atoms with E-state index in [1.165, 1.54) is 0 Å². The highest BCUT2D eigenvalue weighted by Crippen LogP contribution is 2.42. The van der Waals surface area contributed by atoms with Crippen molar-refractivity contribution in [1.82, 2.24) is 0 Å². The number of furan rings is 1. The van der Waals surface area contributed by atoms with Gasteiger partial charge in [0, 0.05) is 31.2 Å². The molecule has 172 valence electrons. The summed E-state index contributed by atoms with van der Waals surface area (Å²) in [6.07, 6.45) is 1.28. The van der Waals surface area contributed by atoms with Crippen LogP contribution in [0.5, 0.6) is 0 Å². The molecule has 6 rings (SSSR count). The van der Waals surface area contributed by atoms with Gasteiger partial charge in [0.1, 0.15) is 18.2 Å². The third-order valence-electron chi connectivity index (χ3n) is 7.55. The number of aromatic nitrogens is 1. The van der Waals surface area contributed by atoms with Gasteiger partial charge in [-0.2, -0.15) is 5.26 Å². The summed E-state index contributed by atoms with van der Waals surface area (Å²) in [5, 5.41) is 13.3. The summed E-state index contributed by atoms with van der Waals surface area (Å²) in [5.74, 6) is 0. The molecule has 0 saturated heterocycles. The molecule has 0 aliphatic carbocycles. The SMILES string of the molecule is [2H]C1([2H])CC[Si](C)(C)c2cc(-c3c(C#N)ccc4c3oc3c(-c5cccc[n+]5C)c(C)ccc34)ccc21. The summed E-state index contributed by atoms with van der Waals surface area (Å²) in [4.78, 5) is 0. The number of hydrogen-bond acceptors (Lipinski definition) is 2. The van der Waals surface area contributed by atoms with E-state index in [1.54, 1.807) is 0 Å². The predicted octanol–water partition coefficient (Wildman–Crippen LogP) is 6.79. The van der Waals surface area contributed by atoms with Crippen LogP contribution in [0.3, 0.4) is 0 Å². The van der Waals surface area contributed by atoms with E-state index < -0.39 is 14.4 Å². The van der Waals surface area contributed by atoms with Crippen molar-refractivity contribution in [2.75, 3.05) is 0 Å². The molecule has 1 aliphatic heterocycles. The maximum Gasteiger partial charge on any atom is 0.216 e. The van der Waals surface area contributed by atoms with E-state index in [9.17, 15) is 5.26 Å². The first-order valence-electron chi connectivity index (χ1n) is 13.1. The highest BCUT2D eigenvalue weighted by atomic mass is 28.3. The first-order valence-corrected chi connectivity index (χ1v) is 15.3. The number of aryl methyl sites for hydroxylation is 3. The van der Waals surface area contributed by atoms with Crippen LogP contribution in [0.25, 0.3) is 44.3 Å². The van der Waals surface area contributed by atoms with Crippen LogP contribution in [-0.4, -0.2) is 8.07 Å². The van der Waals surface area contributed by atoms with Gasteiger partial charge in [-0.3, -0.25) is 0 Å². The molecule has 5 aromatic rings. The zero-order chi connectivity index (χ0) is 26.1. The van der Waals surface area contributed by atoms with Crippen LogP contribution >= 0.6 is 0 Å². The fourth-order valence-electron chi connectivity index (χ4n) is 5.54. The molecular weight excluding hydrogens is 444 g/mol. The van der Waals surface area contributed by atoms with Crippen LogP contribution in [0.2, 0.25) is 19.1 Å². The third kappa shape index (κ3) is 3.34. The number of fused-ring (bicyclic) bond motifs is 4. The van der Waals surface area contributed by atoms with E-state index in [-0.39, 0.29) is 0 Å². The van der Waals surface area contributed by atoms with Crippen molar-refractivity contribution in [3.05, 3.63) is 83.6 Å². The van der Waals surface area contributed by atoms with Gasteiger partial charge in [-0.25, -0.2) is 4.57 Å². The molecule has 4 heteroatoms. The standard InChI is InChI=1S/C31H29N2OSi/c1-20-10-14-24-25-15-13-23(19-32)29(22-12-11-21-8-7-17-35(3,4)27(21)18-22)31(25)34-30(24)28(20)26-9-5-6-16-33(26)2/h5-6,9-16,18H,7-8,17H2,1-4H3/q+1/i8D2. The summed E-state index contributed by atoms with van der Waals surface area (Å²) in [5.41, 5.74) is 7.84. The monoisotopic (exact) mass is 475 g/mol. The van der Waals surface area contributed by atoms with Crippen molar-refractivity contribution < 1.29 is 11.7 Å². The van der Waals surface area contributed by atoms with Gasteiger partial charge in [-0.1, -0.05) is 61.1 Å². The van der Waals surface area contributed by atoms with Gasteiger partial charge in [-0.05, 0) is 48.2 Å². The summed E-state index contributed by atoms with van der Waals surface area (Å²) in [6.45, 7) is 6.72. The molecule has 3 heterocycles. The second kappa shape index (κ2) is 7.93. The molecule has 1 aliphatic rings. The molecule has 35 heavy (non-hydrogen) atoms. The summed E-state index contributed by atoms with van der Waals surface area (Å²) in [7, 11) is 0.220. The Balaban J connectivity index is 1.68. The van der Waals surface area contributed by atoms with E-state index in [0.717, 1.165) is 61.1 Å².